The highest BCUT2D eigenvalue weighted by molar-refractivity contribution is 5.91. The molecule has 1 fully saturated rings. The van der Waals surface area contributed by atoms with Crippen LogP contribution in [-0.2, 0) is 16.0 Å². The lowest BCUT2D eigenvalue weighted by Crippen LogP contribution is -2.32. The molecule has 1 aliphatic rings. The quantitative estimate of drug-likeness (QED) is 0.845. The normalized spacial score (nSPS) is 14.9. The Labute approximate surface area is 126 Å². The molecule has 0 unspecified atom stereocenters. The van der Waals surface area contributed by atoms with E-state index in [-0.39, 0.29) is 17.7 Å². The summed E-state index contributed by atoms with van der Waals surface area (Å²) in [7, 11) is 0. The fourth-order valence-electron chi connectivity index (χ4n) is 2.68. The fourth-order valence-corrected chi connectivity index (χ4v) is 2.68. The van der Waals surface area contributed by atoms with Gasteiger partial charge in [0.2, 0.25) is 11.8 Å². The molecule has 1 aromatic carbocycles. The van der Waals surface area contributed by atoms with Gasteiger partial charge in [-0.15, -0.1) is 0 Å². The van der Waals surface area contributed by atoms with E-state index < -0.39 is 0 Å². The summed E-state index contributed by atoms with van der Waals surface area (Å²) in [6.45, 7) is 2.51. The average molecular weight is 288 g/mol. The van der Waals surface area contributed by atoms with Gasteiger partial charge in [-0.3, -0.25) is 9.59 Å². The minimum Gasteiger partial charge on any atom is -0.355 e. The molecule has 2 rings (SSSR count). The molecule has 0 heterocycles. The van der Waals surface area contributed by atoms with Gasteiger partial charge in [-0.1, -0.05) is 31.9 Å². The van der Waals surface area contributed by atoms with Crippen molar-refractivity contribution in [2.75, 3.05) is 11.9 Å². The molecule has 1 aliphatic carbocycles. The molecule has 1 aromatic rings. The maximum Gasteiger partial charge on any atom is 0.226 e. The minimum atomic E-state index is -0.0639. The first-order valence-corrected chi connectivity index (χ1v) is 7.85. The van der Waals surface area contributed by atoms with Crippen LogP contribution in [0.4, 0.5) is 5.69 Å². The third-order valence-corrected chi connectivity index (χ3v) is 4.02. The van der Waals surface area contributed by atoms with E-state index in [1.807, 2.05) is 24.3 Å². The summed E-state index contributed by atoms with van der Waals surface area (Å²) in [5, 5.41) is 5.71. The molecule has 0 aromatic heterocycles. The van der Waals surface area contributed by atoms with Gasteiger partial charge >= 0.3 is 0 Å². The summed E-state index contributed by atoms with van der Waals surface area (Å²) < 4.78 is 0. The van der Waals surface area contributed by atoms with Crippen LogP contribution < -0.4 is 10.6 Å². The van der Waals surface area contributed by atoms with Crippen LogP contribution in [0.2, 0.25) is 0 Å². The molecule has 0 bridgehead atoms. The lowest BCUT2D eigenvalue weighted by atomic mass is 10.1. The van der Waals surface area contributed by atoms with E-state index in [0.717, 1.165) is 37.8 Å². The van der Waals surface area contributed by atoms with Crippen LogP contribution in [0.1, 0.15) is 44.6 Å². The van der Waals surface area contributed by atoms with Gasteiger partial charge in [-0.2, -0.15) is 0 Å². The summed E-state index contributed by atoms with van der Waals surface area (Å²) >= 11 is 0. The van der Waals surface area contributed by atoms with Gasteiger partial charge in [0, 0.05) is 24.6 Å². The van der Waals surface area contributed by atoms with Gasteiger partial charge in [0.1, 0.15) is 0 Å². The number of carbonyl (C=O) groups is 2. The third-order valence-electron chi connectivity index (χ3n) is 4.02. The Morgan fingerprint density at radius 1 is 1.14 bits per heavy atom. The van der Waals surface area contributed by atoms with Crippen molar-refractivity contribution < 1.29 is 9.59 Å². The van der Waals surface area contributed by atoms with Crippen LogP contribution in [0.25, 0.3) is 0 Å². The zero-order valence-electron chi connectivity index (χ0n) is 12.7. The Morgan fingerprint density at radius 3 is 2.43 bits per heavy atom. The molecular weight excluding hydrogens is 264 g/mol. The Bertz CT molecular complexity index is 476. The number of amides is 2. The zero-order valence-corrected chi connectivity index (χ0v) is 12.7. The van der Waals surface area contributed by atoms with Gasteiger partial charge < -0.3 is 10.6 Å². The molecule has 0 atom stereocenters. The first-order valence-electron chi connectivity index (χ1n) is 7.85. The standard InChI is InChI=1S/C17H24N2O2/c1-2-13-7-9-15(10-8-13)19-16(20)11-12-18-17(21)14-5-3-4-6-14/h7-10,14H,2-6,11-12H2,1H3,(H,18,21)(H,19,20). The highest BCUT2D eigenvalue weighted by atomic mass is 16.2. The predicted molar refractivity (Wildman–Crippen MR) is 84.0 cm³/mol. The zero-order chi connectivity index (χ0) is 15.1. The summed E-state index contributed by atoms with van der Waals surface area (Å²) in [5.41, 5.74) is 2.05. The Kier molecular flexibility index (Phi) is 5.78. The summed E-state index contributed by atoms with van der Waals surface area (Å²) in [6, 6.07) is 7.84. The molecule has 21 heavy (non-hydrogen) atoms. The van der Waals surface area contributed by atoms with Crippen LogP contribution in [-0.4, -0.2) is 18.4 Å². The number of anilines is 1. The number of carbonyl (C=O) groups excluding carboxylic acids is 2. The van der Waals surface area contributed by atoms with Gasteiger partial charge in [0.15, 0.2) is 0 Å². The maximum absolute atomic E-state index is 11.8. The van der Waals surface area contributed by atoms with Crippen molar-refractivity contribution in [3.05, 3.63) is 29.8 Å². The van der Waals surface area contributed by atoms with E-state index in [0.29, 0.717) is 13.0 Å². The van der Waals surface area contributed by atoms with Crippen molar-refractivity contribution in [3.8, 4) is 0 Å². The van der Waals surface area contributed by atoms with Crippen molar-refractivity contribution in [3.63, 3.8) is 0 Å². The Balaban J connectivity index is 1.68. The first-order chi connectivity index (χ1) is 10.2. The van der Waals surface area contributed by atoms with Crippen molar-refractivity contribution in [1.82, 2.24) is 5.32 Å². The van der Waals surface area contributed by atoms with Crippen molar-refractivity contribution in [1.29, 1.82) is 0 Å². The second kappa shape index (κ2) is 7.81. The molecule has 0 aliphatic heterocycles. The topological polar surface area (TPSA) is 58.2 Å². The van der Waals surface area contributed by atoms with E-state index in [9.17, 15) is 9.59 Å². The molecule has 2 N–H and O–H groups in total. The number of hydrogen-bond acceptors (Lipinski definition) is 2. The van der Waals surface area contributed by atoms with Gasteiger partial charge in [-0.25, -0.2) is 0 Å². The van der Waals surface area contributed by atoms with Crippen molar-refractivity contribution in [2.45, 2.75) is 45.4 Å². The summed E-state index contributed by atoms with van der Waals surface area (Å²) in [5.74, 6) is 0.202. The van der Waals surface area contributed by atoms with Crippen LogP contribution in [0.5, 0.6) is 0 Å². The molecule has 4 heteroatoms. The number of nitrogens with one attached hydrogen (secondary N) is 2. The molecule has 114 valence electrons. The number of hydrogen-bond donors (Lipinski definition) is 2. The van der Waals surface area contributed by atoms with Crippen LogP contribution >= 0.6 is 0 Å². The fraction of sp³-hybridized carbons (Fsp3) is 0.529. The summed E-state index contributed by atoms with van der Waals surface area (Å²) in [6.07, 6.45) is 5.57. The molecule has 2 amide bonds. The SMILES string of the molecule is CCc1ccc(NC(=O)CCNC(=O)C2CCCC2)cc1. The molecule has 0 spiro atoms. The highest BCUT2D eigenvalue weighted by Gasteiger charge is 2.22. The lowest BCUT2D eigenvalue weighted by molar-refractivity contribution is -0.124. The Morgan fingerprint density at radius 2 is 1.81 bits per heavy atom. The molecule has 0 radical (unpaired) electrons. The molecule has 4 nitrogen and oxygen atoms in total. The van der Waals surface area contributed by atoms with Crippen molar-refractivity contribution >= 4 is 17.5 Å². The lowest BCUT2D eigenvalue weighted by Gasteiger charge is -2.10. The van der Waals surface area contributed by atoms with E-state index >= 15 is 0 Å². The number of aryl methyl sites for hydroxylation is 1. The predicted octanol–water partition coefficient (Wildman–Crippen LogP) is 2.88. The summed E-state index contributed by atoms with van der Waals surface area (Å²) in [4.78, 5) is 23.6. The van der Waals surface area contributed by atoms with Gasteiger partial charge in [-0.05, 0) is 37.0 Å². The smallest absolute Gasteiger partial charge is 0.226 e. The van der Waals surface area contributed by atoms with E-state index in [2.05, 4.69) is 17.6 Å². The van der Waals surface area contributed by atoms with Crippen LogP contribution in [0, 0.1) is 5.92 Å². The molecular formula is C17H24N2O2. The highest BCUT2D eigenvalue weighted by Crippen LogP contribution is 2.24. The minimum absolute atomic E-state index is 0.0639. The second-order valence-corrected chi connectivity index (χ2v) is 5.62. The largest absolute Gasteiger partial charge is 0.355 e. The number of benzene rings is 1. The monoisotopic (exact) mass is 288 g/mol. The van der Waals surface area contributed by atoms with E-state index in [4.69, 9.17) is 0 Å². The Hall–Kier alpha value is -1.84. The first kappa shape index (κ1) is 15.5. The van der Waals surface area contributed by atoms with Crippen LogP contribution in [0.15, 0.2) is 24.3 Å². The van der Waals surface area contributed by atoms with Gasteiger partial charge in [0.05, 0.1) is 0 Å². The van der Waals surface area contributed by atoms with E-state index in [1.54, 1.807) is 0 Å². The van der Waals surface area contributed by atoms with E-state index in [1.165, 1.54) is 5.56 Å². The average Bonchev–Trinajstić information content (AvgIpc) is 3.02. The molecule has 0 saturated heterocycles. The van der Waals surface area contributed by atoms with Crippen LogP contribution in [0.3, 0.4) is 0 Å². The molecule has 1 saturated carbocycles. The second-order valence-electron chi connectivity index (χ2n) is 5.62. The van der Waals surface area contributed by atoms with Crippen molar-refractivity contribution in [2.24, 2.45) is 5.92 Å². The number of rotatable bonds is 6. The third kappa shape index (κ3) is 4.88. The van der Waals surface area contributed by atoms with Gasteiger partial charge in [0.25, 0.3) is 0 Å². The maximum atomic E-state index is 11.8.